The smallest absolute Gasteiger partial charge is 0.433 e. The fraction of sp³-hybridized carbons (Fsp3) is 0.444. The first-order chi connectivity index (χ1) is 13.2. The second-order valence-electron chi connectivity index (χ2n) is 6.60. The highest BCUT2D eigenvalue weighted by molar-refractivity contribution is 5.52. The van der Waals surface area contributed by atoms with Crippen molar-refractivity contribution < 1.29 is 22.3 Å². The summed E-state index contributed by atoms with van der Waals surface area (Å²) in [5.74, 6) is -0.0636. The third-order valence-electron chi connectivity index (χ3n) is 4.51. The lowest BCUT2D eigenvalue weighted by Crippen LogP contribution is -2.47. The monoisotopic (exact) mass is 399 g/mol. The molecule has 1 aliphatic heterocycles. The van der Waals surface area contributed by atoms with Gasteiger partial charge < -0.3 is 19.4 Å². The molecule has 0 spiro atoms. The molecule has 0 bridgehead atoms. The number of rotatable bonds is 4. The number of alkyl halides is 3. The maximum Gasteiger partial charge on any atom is 0.433 e. The number of hydrogen-bond acceptors (Lipinski definition) is 6. The van der Waals surface area contributed by atoms with Gasteiger partial charge in [-0.05, 0) is 12.1 Å². The van der Waals surface area contributed by atoms with Gasteiger partial charge in [-0.25, -0.2) is 9.37 Å². The highest BCUT2D eigenvalue weighted by atomic mass is 19.4. The third-order valence-corrected chi connectivity index (χ3v) is 4.51. The average Bonchev–Trinajstić information content (AvgIpc) is 2.67. The fourth-order valence-corrected chi connectivity index (χ4v) is 2.95. The van der Waals surface area contributed by atoms with Crippen LogP contribution in [0.15, 0.2) is 24.3 Å². The van der Waals surface area contributed by atoms with Crippen LogP contribution in [0.1, 0.15) is 5.69 Å². The minimum absolute atomic E-state index is 0.0408. The van der Waals surface area contributed by atoms with E-state index in [-0.39, 0.29) is 17.5 Å². The van der Waals surface area contributed by atoms with Crippen molar-refractivity contribution in [3.8, 4) is 5.75 Å². The molecule has 152 valence electrons. The summed E-state index contributed by atoms with van der Waals surface area (Å²) in [6, 6.07) is 5.62. The van der Waals surface area contributed by atoms with Crippen LogP contribution in [-0.4, -0.2) is 57.4 Å². The van der Waals surface area contributed by atoms with Crippen LogP contribution in [-0.2, 0) is 6.18 Å². The number of ether oxygens (including phenoxy) is 1. The average molecular weight is 399 g/mol. The van der Waals surface area contributed by atoms with Crippen molar-refractivity contribution in [2.45, 2.75) is 6.18 Å². The highest BCUT2D eigenvalue weighted by Gasteiger charge is 2.35. The summed E-state index contributed by atoms with van der Waals surface area (Å²) in [5, 5.41) is 0. The molecule has 0 atom stereocenters. The van der Waals surface area contributed by atoms with E-state index >= 15 is 0 Å². The van der Waals surface area contributed by atoms with E-state index in [1.54, 1.807) is 31.1 Å². The number of methoxy groups -OCH3 is 1. The normalized spacial score (nSPS) is 15.0. The van der Waals surface area contributed by atoms with Gasteiger partial charge in [-0.2, -0.15) is 18.2 Å². The summed E-state index contributed by atoms with van der Waals surface area (Å²) in [6.07, 6.45) is -4.55. The Balaban J connectivity index is 1.77. The minimum atomic E-state index is -4.55. The molecule has 10 heteroatoms. The number of halogens is 4. The number of aromatic nitrogens is 2. The standard InChI is InChI=1S/C18H21F4N5O/c1-25(2)16-11-15(18(20,21)22)23-17(24-16)27-8-6-26(7-9-27)12-4-5-14(28-3)13(19)10-12/h4-5,10-11H,6-9H2,1-3H3. The van der Waals surface area contributed by atoms with Crippen LogP contribution in [0.4, 0.5) is 35.0 Å². The fourth-order valence-electron chi connectivity index (χ4n) is 2.95. The first-order valence-electron chi connectivity index (χ1n) is 8.66. The van der Waals surface area contributed by atoms with Gasteiger partial charge >= 0.3 is 6.18 Å². The summed E-state index contributed by atoms with van der Waals surface area (Å²) in [6.45, 7) is 1.84. The maximum absolute atomic E-state index is 13.9. The predicted octanol–water partition coefficient (Wildman–Crippen LogP) is 3.04. The Morgan fingerprint density at radius 3 is 2.18 bits per heavy atom. The van der Waals surface area contributed by atoms with Crippen molar-refractivity contribution in [3.05, 3.63) is 35.8 Å². The lowest BCUT2D eigenvalue weighted by Gasteiger charge is -2.36. The first kappa shape index (κ1) is 20.0. The van der Waals surface area contributed by atoms with Gasteiger partial charge in [0.05, 0.1) is 7.11 Å². The molecule has 0 saturated carbocycles. The summed E-state index contributed by atoms with van der Waals surface area (Å²) >= 11 is 0. The molecule has 0 N–H and O–H groups in total. The quantitative estimate of drug-likeness (QED) is 0.737. The molecule has 0 aliphatic carbocycles. The summed E-state index contributed by atoms with van der Waals surface area (Å²) in [7, 11) is 4.65. The Hall–Kier alpha value is -2.78. The number of nitrogens with zero attached hydrogens (tertiary/aromatic N) is 5. The molecule has 1 saturated heterocycles. The zero-order valence-electron chi connectivity index (χ0n) is 15.8. The van der Waals surface area contributed by atoms with E-state index in [9.17, 15) is 17.6 Å². The van der Waals surface area contributed by atoms with Crippen LogP contribution in [0, 0.1) is 5.82 Å². The van der Waals surface area contributed by atoms with Gasteiger partial charge in [0, 0.05) is 58.1 Å². The Kier molecular flexibility index (Phi) is 5.48. The Bertz CT molecular complexity index is 835. The molecule has 1 aromatic carbocycles. The van der Waals surface area contributed by atoms with Crippen molar-refractivity contribution >= 4 is 17.5 Å². The SMILES string of the molecule is COc1ccc(N2CCN(c3nc(N(C)C)cc(C(F)(F)F)n3)CC2)cc1F. The van der Waals surface area contributed by atoms with E-state index in [0.717, 1.165) is 6.07 Å². The van der Waals surface area contributed by atoms with Gasteiger partial charge in [-0.3, -0.25) is 0 Å². The predicted molar refractivity (Wildman–Crippen MR) is 98.7 cm³/mol. The molecule has 3 rings (SSSR count). The lowest BCUT2D eigenvalue weighted by molar-refractivity contribution is -0.141. The zero-order valence-corrected chi connectivity index (χ0v) is 15.8. The molecule has 28 heavy (non-hydrogen) atoms. The molecule has 2 aromatic rings. The number of hydrogen-bond donors (Lipinski definition) is 0. The van der Waals surface area contributed by atoms with Crippen molar-refractivity contribution in [3.63, 3.8) is 0 Å². The number of anilines is 3. The second kappa shape index (κ2) is 7.69. The van der Waals surface area contributed by atoms with Crippen LogP contribution < -0.4 is 19.4 Å². The van der Waals surface area contributed by atoms with Crippen LogP contribution in [0.3, 0.4) is 0 Å². The molecule has 1 aromatic heterocycles. The van der Waals surface area contributed by atoms with Crippen LogP contribution >= 0.6 is 0 Å². The molecule has 1 aliphatic rings. The third kappa shape index (κ3) is 4.20. The summed E-state index contributed by atoms with van der Waals surface area (Å²) < 4.78 is 58.4. The Morgan fingerprint density at radius 2 is 1.64 bits per heavy atom. The largest absolute Gasteiger partial charge is 0.494 e. The molecule has 0 amide bonds. The maximum atomic E-state index is 13.9. The zero-order chi connectivity index (χ0) is 20.5. The Morgan fingerprint density at radius 1 is 1.00 bits per heavy atom. The van der Waals surface area contributed by atoms with Crippen LogP contribution in [0.2, 0.25) is 0 Å². The van der Waals surface area contributed by atoms with Crippen molar-refractivity contribution in [1.82, 2.24) is 9.97 Å². The van der Waals surface area contributed by atoms with Crippen LogP contribution in [0.5, 0.6) is 5.75 Å². The molecular formula is C18H21F4N5O. The van der Waals surface area contributed by atoms with E-state index in [1.165, 1.54) is 18.1 Å². The topological polar surface area (TPSA) is 44.7 Å². The van der Waals surface area contributed by atoms with E-state index in [1.807, 2.05) is 4.90 Å². The van der Waals surface area contributed by atoms with E-state index in [4.69, 9.17) is 4.74 Å². The minimum Gasteiger partial charge on any atom is -0.494 e. The van der Waals surface area contributed by atoms with E-state index < -0.39 is 17.7 Å². The van der Waals surface area contributed by atoms with E-state index in [0.29, 0.717) is 31.9 Å². The molecule has 2 heterocycles. The molecule has 0 radical (unpaired) electrons. The Labute approximate surface area is 160 Å². The lowest BCUT2D eigenvalue weighted by atomic mass is 10.2. The molecule has 6 nitrogen and oxygen atoms in total. The van der Waals surface area contributed by atoms with Gasteiger partial charge in [0.25, 0.3) is 0 Å². The van der Waals surface area contributed by atoms with Crippen molar-refractivity contribution in [1.29, 1.82) is 0 Å². The van der Waals surface area contributed by atoms with Crippen molar-refractivity contribution in [2.24, 2.45) is 0 Å². The second-order valence-corrected chi connectivity index (χ2v) is 6.60. The first-order valence-corrected chi connectivity index (χ1v) is 8.66. The summed E-state index contributed by atoms with van der Waals surface area (Å²) in [4.78, 5) is 13.1. The van der Waals surface area contributed by atoms with Crippen LogP contribution in [0.25, 0.3) is 0 Å². The van der Waals surface area contributed by atoms with Gasteiger partial charge in [0.1, 0.15) is 5.82 Å². The van der Waals surface area contributed by atoms with E-state index in [2.05, 4.69) is 9.97 Å². The van der Waals surface area contributed by atoms with Gasteiger partial charge in [0.15, 0.2) is 17.3 Å². The number of piperazine rings is 1. The van der Waals surface area contributed by atoms with Gasteiger partial charge in [0.2, 0.25) is 5.95 Å². The molecule has 0 unspecified atom stereocenters. The molecule has 1 fully saturated rings. The summed E-state index contributed by atoms with van der Waals surface area (Å²) in [5.41, 5.74) is -0.280. The van der Waals surface area contributed by atoms with Crippen molar-refractivity contribution in [2.75, 3.05) is 62.1 Å². The number of benzene rings is 1. The van der Waals surface area contributed by atoms with Gasteiger partial charge in [-0.1, -0.05) is 0 Å². The molecular weight excluding hydrogens is 378 g/mol. The van der Waals surface area contributed by atoms with Gasteiger partial charge in [-0.15, -0.1) is 0 Å². The highest BCUT2D eigenvalue weighted by Crippen LogP contribution is 2.31.